The number of nitrogens with zero attached hydrogens (tertiary/aromatic N) is 2. The minimum Gasteiger partial charge on any atom is -0.378 e. The van der Waals surface area contributed by atoms with Crippen LogP contribution in [0.5, 0.6) is 0 Å². The lowest BCUT2D eigenvalue weighted by molar-refractivity contribution is -0.126. The van der Waals surface area contributed by atoms with E-state index in [-0.39, 0.29) is 29.2 Å². The first-order chi connectivity index (χ1) is 15.3. The number of amides is 2. The van der Waals surface area contributed by atoms with Crippen LogP contribution in [0.3, 0.4) is 0 Å². The van der Waals surface area contributed by atoms with Crippen molar-refractivity contribution in [2.75, 3.05) is 31.1 Å². The maximum Gasteiger partial charge on any atom is 0.243 e. The highest BCUT2D eigenvalue weighted by Crippen LogP contribution is 2.27. The molecule has 1 N–H and O–H groups in total. The number of ether oxygens (including phenoxy) is 1. The normalized spacial score (nSPS) is 22.5. The van der Waals surface area contributed by atoms with Crippen molar-refractivity contribution in [1.82, 2.24) is 9.62 Å². The van der Waals surface area contributed by atoms with Gasteiger partial charge < -0.3 is 15.0 Å². The lowest BCUT2D eigenvalue weighted by Gasteiger charge is -2.21. The zero-order chi connectivity index (χ0) is 23.3. The van der Waals surface area contributed by atoms with Crippen LogP contribution in [0.1, 0.15) is 52.9 Å². The van der Waals surface area contributed by atoms with E-state index in [2.05, 4.69) is 5.32 Å². The van der Waals surface area contributed by atoms with Crippen molar-refractivity contribution in [1.29, 1.82) is 0 Å². The largest absolute Gasteiger partial charge is 0.378 e. The maximum absolute atomic E-state index is 12.7. The zero-order valence-corrected chi connectivity index (χ0v) is 20.1. The Morgan fingerprint density at radius 1 is 1.25 bits per heavy atom. The molecule has 0 saturated carbocycles. The maximum atomic E-state index is 12.7. The van der Waals surface area contributed by atoms with E-state index in [9.17, 15) is 18.0 Å². The molecule has 2 aliphatic heterocycles. The molecule has 2 heterocycles. The molecular formula is C23H35N3O5S. The van der Waals surface area contributed by atoms with Gasteiger partial charge in [0.05, 0.1) is 16.9 Å². The summed E-state index contributed by atoms with van der Waals surface area (Å²) in [5, 5.41) is 3.03. The van der Waals surface area contributed by atoms with Crippen molar-refractivity contribution in [2.45, 2.75) is 69.9 Å². The molecule has 0 aliphatic carbocycles. The van der Waals surface area contributed by atoms with E-state index in [4.69, 9.17) is 4.74 Å². The van der Waals surface area contributed by atoms with Gasteiger partial charge in [-0.25, -0.2) is 8.42 Å². The van der Waals surface area contributed by atoms with E-state index in [0.717, 1.165) is 32.3 Å². The molecule has 0 radical (unpaired) electrons. The van der Waals surface area contributed by atoms with Gasteiger partial charge in [0.1, 0.15) is 0 Å². The highest BCUT2D eigenvalue weighted by atomic mass is 32.2. The van der Waals surface area contributed by atoms with Crippen LogP contribution in [0.4, 0.5) is 5.69 Å². The molecule has 2 aliphatic rings. The third-order valence-corrected chi connectivity index (χ3v) is 8.39. The minimum atomic E-state index is -3.55. The smallest absolute Gasteiger partial charge is 0.243 e. The Morgan fingerprint density at radius 2 is 1.94 bits per heavy atom. The first-order valence-electron chi connectivity index (χ1n) is 11.6. The van der Waals surface area contributed by atoms with Crippen molar-refractivity contribution in [3.63, 3.8) is 0 Å². The highest BCUT2D eigenvalue weighted by Gasteiger charge is 2.35. The molecule has 9 heteroatoms. The van der Waals surface area contributed by atoms with Crippen molar-refractivity contribution in [3.05, 3.63) is 24.3 Å². The molecule has 2 saturated heterocycles. The summed E-state index contributed by atoms with van der Waals surface area (Å²) in [4.78, 5) is 27.0. The van der Waals surface area contributed by atoms with Gasteiger partial charge in [0.2, 0.25) is 21.8 Å². The van der Waals surface area contributed by atoms with E-state index in [1.807, 2.05) is 6.92 Å². The quantitative estimate of drug-likeness (QED) is 0.573. The monoisotopic (exact) mass is 465 g/mol. The molecule has 3 atom stereocenters. The molecule has 1 aromatic rings. The molecule has 8 nitrogen and oxygen atoms in total. The molecule has 2 fully saturated rings. The van der Waals surface area contributed by atoms with Gasteiger partial charge in [-0.2, -0.15) is 4.31 Å². The third-order valence-electron chi connectivity index (χ3n) is 6.32. The van der Waals surface area contributed by atoms with Gasteiger partial charge in [-0.05, 0) is 56.9 Å². The van der Waals surface area contributed by atoms with Crippen LogP contribution < -0.4 is 10.2 Å². The third kappa shape index (κ3) is 5.68. The van der Waals surface area contributed by atoms with Crippen LogP contribution in [-0.4, -0.2) is 62.9 Å². The number of rotatable bonds is 10. The number of anilines is 1. The summed E-state index contributed by atoms with van der Waals surface area (Å²) in [5.74, 6) is -0.648. The van der Waals surface area contributed by atoms with Crippen molar-refractivity contribution >= 4 is 27.5 Å². The number of hydrogen-bond donors (Lipinski definition) is 1. The second-order valence-corrected chi connectivity index (χ2v) is 10.5. The van der Waals surface area contributed by atoms with Crippen LogP contribution in [0.2, 0.25) is 0 Å². The summed E-state index contributed by atoms with van der Waals surface area (Å²) >= 11 is 0. The van der Waals surface area contributed by atoms with Gasteiger partial charge >= 0.3 is 0 Å². The first-order valence-corrected chi connectivity index (χ1v) is 13.0. The average Bonchev–Trinajstić information content (AvgIpc) is 3.43. The molecule has 178 valence electrons. The average molecular weight is 466 g/mol. The summed E-state index contributed by atoms with van der Waals surface area (Å²) in [6, 6.07) is 6.35. The van der Waals surface area contributed by atoms with Gasteiger partial charge in [-0.1, -0.05) is 13.8 Å². The van der Waals surface area contributed by atoms with E-state index in [1.165, 1.54) is 16.4 Å². The van der Waals surface area contributed by atoms with Crippen molar-refractivity contribution in [3.8, 4) is 0 Å². The lowest BCUT2D eigenvalue weighted by atomic mass is 10.0. The Labute approximate surface area is 191 Å². The summed E-state index contributed by atoms with van der Waals surface area (Å²) < 4.78 is 32.3. The van der Waals surface area contributed by atoms with Crippen LogP contribution in [0, 0.1) is 5.92 Å². The van der Waals surface area contributed by atoms with Crippen molar-refractivity contribution in [2.24, 2.45) is 5.92 Å². The number of nitrogens with one attached hydrogen (secondary N) is 1. The number of carbonyl (C=O) groups is 2. The molecule has 2 amide bonds. The predicted octanol–water partition coefficient (Wildman–Crippen LogP) is 2.53. The van der Waals surface area contributed by atoms with Crippen LogP contribution in [-0.2, 0) is 24.3 Å². The van der Waals surface area contributed by atoms with E-state index in [1.54, 1.807) is 30.9 Å². The number of hydrogen-bond acceptors (Lipinski definition) is 5. The fraction of sp³-hybridized carbons (Fsp3) is 0.652. The Morgan fingerprint density at radius 3 is 2.53 bits per heavy atom. The van der Waals surface area contributed by atoms with Gasteiger partial charge in [-0.15, -0.1) is 0 Å². The van der Waals surface area contributed by atoms with E-state index in [0.29, 0.717) is 31.4 Å². The van der Waals surface area contributed by atoms with Gasteiger partial charge in [-0.3, -0.25) is 9.59 Å². The Balaban J connectivity index is 1.57. The van der Waals surface area contributed by atoms with Gasteiger partial charge in [0.15, 0.2) is 0 Å². The second-order valence-electron chi connectivity index (χ2n) is 8.61. The lowest BCUT2D eigenvalue weighted by Crippen LogP contribution is -2.38. The SMILES string of the molecule is CCN(CC)S(=O)(=O)c1ccc(N2C[C@H](C(=O)N[C@@H](C)CC[C@H]3CCCO3)CC2=O)cc1. The summed E-state index contributed by atoms with van der Waals surface area (Å²) in [6.45, 7) is 7.50. The second kappa shape index (κ2) is 10.8. The standard InChI is InChI=1S/C23H35N3O5S/c1-4-25(5-2)32(29,30)21-12-9-19(10-13-21)26-16-18(15-22(26)27)23(28)24-17(3)8-11-20-7-6-14-31-20/h9-10,12-13,17-18,20H,4-8,11,14-16H2,1-3H3,(H,24,28)/t17-,18+,20+/m0/s1. The van der Waals surface area contributed by atoms with E-state index >= 15 is 0 Å². The molecule has 0 spiro atoms. The molecule has 3 rings (SSSR count). The van der Waals surface area contributed by atoms with Crippen LogP contribution >= 0.6 is 0 Å². The number of sulfonamides is 1. The highest BCUT2D eigenvalue weighted by molar-refractivity contribution is 7.89. The Hall–Kier alpha value is -1.97. The summed E-state index contributed by atoms with van der Waals surface area (Å²) in [6.07, 6.45) is 4.43. The predicted molar refractivity (Wildman–Crippen MR) is 123 cm³/mol. The topological polar surface area (TPSA) is 96.0 Å². The Kier molecular flexibility index (Phi) is 8.30. The van der Waals surface area contributed by atoms with Gasteiger partial charge in [0.25, 0.3) is 0 Å². The zero-order valence-electron chi connectivity index (χ0n) is 19.2. The number of benzene rings is 1. The minimum absolute atomic E-state index is 0.0282. The fourth-order valence-corrected chi connectivity index (χ4v) is 5.84. The molecule has 32 heavy (non-hydrogen) atoms. The van der Waals surface area contributed by atoms with Gasteiger partial charge in [0, 0.05) is 44.4 Å². The Bertz CT molecular complexity index is 893. The fourth-order valence-electron chi connectivity index (χ4n) is 4.38. The number of carbonyl (C=O) groups excluding carboxylic acids is 2. The van der Waals surface area contributed by atoms with E-state index < -0.39 is 15.9 Å². The molecule has 0 aromatic heterocycles. The summed E-state index contributed by atoms with van der Waals surface area (Å²) in [7, 11) is -3.55. The molecular weight excluding hydrogens is 430 g/mol. The molecule has 0 bridgehead atoms. The summed E-state index contributed by atoms with van der Waals surface area (Å²) in [5.41, 5.74) is 0.607. The molecule has 1 aromatic carbocycles. The van der Waals surface area contributed by atoms with Crippen LogP contribution in [0.15, 0.2) is 29.2 Å². The van der Waals surface area contributed by atoms with Crippen LogP contribution in [0.25, 0.3) is 0 Å². The molecule has 0 unspecified atom stereocenters. The first kappa shape index (κ1) is 24.7. The van der Waals surface area contributed by atoms with Crippen molar-refractivity contribution < 1.29 is 22.7 Å².